The first kappa shape index (κ1) is 26.0. The van der Waals surface area contributed by atoms with Crippen LogP contribution in [0.15, 0.2) is 66.2 Å². The second kappa shape index (κ2) is 9.77. The Morgan fingerprint density at radius 1 is 0.892 bits per heavy atom. The molecule has 192 valence electrons. The third-order valence-electron chi connectivity index (χ3n) is 6.99. The zero-order valence-electron chi connectivity index (χ0n) is 22.4. The van der Waals surface area contributed by atoms with Gasteiger partial charge < -0.3 is 14.6 Å². The number of aliphatic hydroxyl groups excluding tert-OH is 1. The summed E-state index contributed by atoms with van der Waals surface area (Å²) in [5.41, 5.74) is 4.13. The van der Waals surface area contributed by atoms with Crippen LogP contribution in [0.1, 0.15) is 54.6 Å². The van der Waals surface area contributed by atoms with Crippen LogP contribution in [0.4, 0.5) is 5.69 Å². The molecule has 4 rings (SSSR count). The summed E-state index contributed by atoms with van der Waals surface area (Å²) in [5.74, 6) is -0.491. The van der Waals surface area contributed by atoms with Crippen LogP contribution < -0.4 is 14.4 Å². The van der Waals surface area contributed by atoms with E-state index in [1.165, 1.54) is 4.90 Å². The van der Waals surface area contributed by atoms with E-state index in [2.05, 4.69) is 0 Å². The van der Waals surface area contributed by atoms with E-state index in [1.807, 2.05) is 77.1 Å². The number of Topliss-reactive ketones (excluding diaryl/α,β-unsaturated/α-hetero) is 1. The molecule has 1 aliphatic rings. The lowest BCUT2D eigenvalue weighted by atomic mass is 9.84. The Kier molecular flexibility index (Phi) is 6.87. The highest BCUT2D eigenvalue weighted by Gasteiger charge is 2.48. The number of nitrogens with zero attached hydrogens (tertiary/aromatic N) is 1. The molecule has 1 aliphatic heterocycles. The first-order valence-electron chi connectivity index (χ1n) is 12.2. The fraction of sp³-hybridized carbons (Fsp3) is 0.290. The van der Waals surface area contributed by atoms with Gasteiger partial charge >= 0.3 is 0 Å². The standard InChI is InChI=1S/C31H33NO5/c1-18-11-10-13-23(19(18)2)32-27(21-12-8-9-14-24(21)36-6)26(29(34)30(32)35)28(33)20-15-16-25(37-7)22(17-20)31(3,4)5/h8-17,27,33H,1-7H3/b28-26+. The Labute approximate surface area is 218 Å². The summed E-state index contributed by atoms with van der Waals surface area (Å²) >= 11 is 0. The average molecular weight is 500 g/mol. The van der Waals surface area contributed by atoms with Crippen molar-refractivity contribution in [2.24, 2.45) is 0 Å². The van der Waals surface area contributed by atoms with Crippen molar-refractivity contribution >= 4 is 23.1 Å². The van der Waals surface area contributed by atoms with Gasteiger partial charge in [-0.15, -0.1) is 0 Å². The van der Waals surface area contributed by atoms with Gasteiger partial charge in [0.15, 0.2) is 0 Å². The quantitative estimate of drug-likeness (QED) is 0.255. The maximum Gasteiger partial charge on any atom is 0.300 e. The Morgan fingerprint density at radius 2 is 1.57 bits per heavy atom. The minimum absolute atomic E-state index is 0.0143. The molecule has 3 aromatic carbocycles. The molecule has 3 aromatic rings. The molecule has 37 heavy (non-hydrogen) atoms. The molecule has 6 heteroatoms. The van der Waals surface area contributed by atoms with Gasteiger partial charge in [0.1, 0.15) is 17.3 Å². The molecule has 1 saturated heterocycles. The van der Waals surface area contributed by atoms with Crippen molar-refractivity contribution in [3.63, 3.8) is 0 Å². The van der Waals surface area contributed by atoms with Gasteiger partial charge in [-0.25, -0.2) is 0 Å². The molecule has 6 nitrogen and oxygen atoms in total. The predicted molar refractivity (Wildman–Crippen MR) is 145 cm³/mol. The summed E-state index contributed by atoms with van der Waals surface area (Å²) in [7, 11) is 3.14. The van der Waals surface area contributed by atoms with Crippen LogP contribution in [0.2, 0.25) is 0 Å². The highest BCUT2D eigenvalue weighted by molar-refractivity contribution is 6.51. The number of carbonyl (C=O) groups is 2. The summed E-state index contributed by atoms with van der Waals surface area (Å²) < 4.78 is 11.2. The van der Waals surface area contributed by atoms with Crippen molar-refractivity contribution in [1.82, 2.24) is 0 Å². The molecular weight excluding hydrogens is 466 g/mol. The van der Waals surface area contributed by atoms with Crippen LogP contribution in [-0.2, 0) is 15.0 Å². The molecule has 1 heterocycles. The number of ether oxygens (including phenoxy) is 2. The third-order valence-corrected chi connectivity index (χ3v) is 6.99. The third kappa shape index (κ3) is 4.48. The molecule has 1 fully saturated rings. The smallest absolute Gasteiger partial charge is 0.300 e. The largest absolute Gasteiger partial charge is 0.507 e. The van der Waals surface area contributed by atoms with Gasteiger partial charge in [0.25, 0.3) is 11.7 Å². The van der Waals surface area contributed by atoms with E-state index in [9.17, 15) is 14.7 Å². The number of methoxy groups -OCH3 is 2. The van der Waals surface area contributed by atoms with Crippen LogP contribution in [0.3, 0.4) is 0 Å². The van der Waals surface area contributed by atoms with Gasteiger partial charge in [-0.05, 0) is 60.7 Å². The fourth-order valence-corrected chi connectivity index (χ4v) is 4.86. The second-order valence-corrected chi connectivity index (χ2v) is 10.3. The first-order chi connectivity index (χ1) is 17.5. The molecule has 0 aliphatic carbocycles. The van der Waals surface area contributed by atoms with E-state index in [4.69, 9.17) is 9.47 Å². The van der Waals surface area contributed by atoms with Gasteiger partial charge in [-0.2, -0.15) is 0 Å². The Morgan fingerprint density at radius 3 is 2.22 bits per heavy atom. The van der Waals surface area contributed by atoms with E-state index < -0.39 is 17.7 Å². The maximum absolute atomic E-state index is 13.6. The Bertz CT molecular complexity index is 1410. The van der Waals surface area contributed by atoms with Crippen molar-refractivity contribution < 1.29 is 24.2 Å². The van der Waals surface area contributed by atoms with Crippen LogP contribution in [-0.4, -0.2) is 31.0 Å². The topological polar surface area (TPSA) is 76.1 Å². The van der Waals surface area contributed by atoms with Crippen LogP contribution in [0.25, 0.3) is 5.76 Å². The molecule has 1 unspecified atom stereocenters. The minimum Gasteiger partial charge on any atom is -0.507 e. The summed E-state index contributed by atoms with van der Waals surface area (Å²) in [4.78, 5) is 28.7. The second-order valence-electron chi connectivity index (χ2n) is 10.3. The summed E-state index contributed by atoms with van der Waals surface area (Å²) in [6.45, 7) is 10.0. The van der Waals surface area contributed by atoms with Gasteiger partial charge in [0, 0.05) is 22.4 Å². The van der Waals surface area contributed by atoms with E-state index in [-0.39, 0.29) is 16.7 Å². The van der Waals surface area contributed by atoms with Gasteiger partial charge in [0.05, 0.1) is 25.8 Å². The minimum atomic E-state index is -0.878. The van der Waals surface area contributed by atoms with Crippen molar-refractivity contribution in [2.75, 3.05) is 19.1 Å². The molecular formula is C31H33NO5. The number of hydrogen-bond acceptors (Lipinski definition) is 5. The summed E-state index contributed by atoms with van der Waals surface area (Å²) in [6, 6.07) is 17.3. The first-order valence-corrected chi connectivity index (χ1v) is 12.2. The number of aliphatic hydroxyl groups is 1. The number of benzene rings is 3. The summed E-state index contributed by atoms with van der Waals surface area (Å²) in [5, 5.41) is 11.6. The van der Waals surface area contributed by atoms with Crippen LogP contribution >= 0.6 is 0 Å². The van der Waals surface area contributed by atoms with Crippen molar-refractivity contribution in [3.05, 3.63) is 94.1 Å². The zero-order valence-corrected chi connectivity index (χ0v) is 22.4. The molecule has 0 aromatic heterocycles. The number of amides is 1. The lowest BCUT2D eigenvalue weighted by molar-refractivity contribution is -0.132. The normalized spacial score (nSPS) is 17.3. The number of carbonyl (C=O) groups excluding carboxylic acids is 2. The highest BCUT2D eigenvalue weighted by Crippen LogP contribution is 2.46. The molecule has 0 spiro atoms. The number of anilines is 1. The van der Waals surface area contributed by atoms with Crippen molar-refractivity contribution in [2.45, 2.75) is 46.1 Å². The van der Waals surface area contributed by atoms with E-state index in [0.717, 1.165) is 16.7 Å². The van der Waals surface area contributed by atoms with Crippen molar-refractivity contribution in [1.29, 1.82) is 0 Å². The number of ketones is 1. The summed E-state index contributed by atoms with van der Waals surface area (Å²) in [6.07, 6.45) is 0. The predicted octanol–water partition coefficient (Wildman–Crippen LogP) is 6.24. The molecule has 0 bridgehead atoms. The van der Waals surface area contributed by atoms with Crippen LogP contribution in [0, 0.1) is 13.8 Å². The van der Waals surface area contributed by atoms with Gasteiger partial charge in [0.2, 0.25) is 0 Å². The van der Waals surface area contributed by atoms with Crippen molar-refractivity contribution in [3.8, 4) is 11.5 Å². The molecule has 1 atom stereocenters. The molecule has 0 saturated carbocycles. The number of para-hydroxylation sites is 1. The monoisotopic (exact) mass is 499 g/mol. The number of aryl methyl sites for hydroxylation is 1. The zero-order chi connectivity index (χ0) is 27.1. The SMILES string of the molecule is COc1ccccc1C1/C(=C(\O)c2ccc(OC)c(C(C)(C)C)c2)C(=O)C(=O)N1c1cccc(C)c1C. The maximum atomic E-state index is 13.6. The highest BCUT2D eigenvalue weighted by atomic mass is 16.5. The Hall–Kier alpha value is -4.06. The number of rotatable bonds is 5. The molecule has 0 radical (unpaired) electrons. The van der Waals surface area contributed by atoms with Crippen LogP contribution in [0.5, 0.6) is 11.5 Å². The molecule has 1 amide bonds. The lowest BCUT2D eigenvalue weighted by Crippen LogP contribution is -2.30. The van der Waals surface area contributed by atoms with Gasteiger partial charge in [-0.1, -0.05) is 51.1 Å². The van der Waals surface area contributed by atoms with E-state index in [0.29, 0.717) is 28.3 Å². The van der Waals surface area contributed by atoms with E-state index in [1.54, 1.807) is 32.4 Å². The Balaban J connectivity index is 2.03. The fourth-order valence-electron chi connectivity index (χ4n) is 4.86. The van der Waals surface area contributed by atoms with Gasteiger partial charge in [-0.3, -0.25) is 14.5 Å². The van der Waals surface area contributed by atoms with E-state index >= 15 is 0 Å². The average Bonchev–Trinajstić information content (AvgIpc) is 3.14. The number of hydrogen-bond donors (Lipinski definition) is 1. The lowest BCUT2D eigenvalue weighted by Gasteiger charge is -2.28. The molecule has 1 N–H and O–H groups in total.